The highest BCUT2D eigenvalue weighted by atomic mass is 16.5. The number of aryl methyl sites for hydroxylation is 1. The van der Waals surface area contributed by atoms with Crippen molar-refractivity contribution in [1.29, 1.82) is 0 Å². The molecule has 7 heteroatoms. The van der Waals surface area contributed by atoms with Gasteiger partial charge in [-0.25, -0.2) is 9.78 Å². The van der Waals surface area contributed by atoms with Gasteiger partial charge < -0.3 is 10.1 Å². The average molecular weight is 412 g/mol. The first-order valence-corrected chi connectivity index (χ1v) is 10.9. The summed E-state index contributed by atoms with van der Waals surface area (Å²) in [5.74, 6) is 0.855. The van der Waals surface area contributed by atoms with Crippen LogP contribution in [0.4, 0.5) is 0 Å². The number of esters is 1. The molecule has 1 N–H and O–H groups in total. The number of fused-ring (bicyclic) bond motifs is 2. The minimum Gasteiger partial charge on any atom is -0.449 e. The molecule has 0 radical (unpaired) electrons. The Bertz CT molecular complexity index is 1040. The molecule has 4 atom stereocenters. The monoisotopic (exact) mass is 411 g/mol. The molecule has 1 aromatic heterocycles. The zero-order valence-electron chi connectivity index (χ0n) is 17.8. The number of aromatic nitrogens is 2. The zero-order valence-corrected chi connectivity index (χ0v) is 17.8. The van der Waals surface area contributed by atoms with E-state index in [9.17, 15) is 14.4 Å². The zero-order chi connectivity index (χ0) is 21.4. The lowest BCUT2D eigenvalue weighted by atomic mass is 9.78. The molecule has 0 bridgehead atoms. The van der Waals surface area contributed by atoms with Crippen molar-refractivity contribution in [3.8, 4) is 0 Å². The van der Waals surface area contributed by atoms with Crippen LogP contribution in [0.2, 0.25) is 0 Å². The number of hydrogen-bond donors (Lipinski definition) is 1. The Morgan fingerprint density at radius 3 is 2.83 bits per heavy atom. The van der Waals surface area contributed by atoms with Gasteiger partial charge in [0.15, 0.2) is 6.10 Å². The lowest BCUT2D eigenvalue weighted by molar-refractivity contribution is -0.130. The molecule has 0 unspecified atom stereocenters. The van der Waals surface area contributed by atoms with Gasteiger partial charge in [-0.15, -0.1) is 0 Å². The number of carbonyl (C=O) groups excluding carboxylic acids is 2. The molecular formula is C23H29N3O4. The molecular weight excluding hydrogens is 382 g/mol. The summed E-state index contributed by atoms with van der Waals surface area (Å²) in [5, 5.41) is 3.54. The standard InChI is InChI=1S/C23H29N3O4/c1-13-6-4-7-18(14(13)2)25-21(27)15(3)30-23(29)16-9-10-17-19(12-16)24-20-8-5-11-26(20)22(17)28/h9-10,12-15,18H,4-8,11H2,1-3H3,(H,25,27)/t13-,14+,15-,18+/m0/s1. The van der Waals surface area contributed by atoms with Crippen LogP contribution in [0.1, 0.15) is 62.6 Å². The van der Waals surface area contributed by atoms with Gasteiger partial charge in [0.05, 0.1) is 16.5 Å². The number of hydrogen-bond acceptors (Lipinski definition) is 5. The van der Waals surface area contributed by atoms with E-state index < -0.39 is 12.1 Å². The van der Waals surface area contributed by atoms with Gasteiger partial charge in [-0.1, -0.05) is 26.7 Å². The maximum Gasteiger partial charge on any atom is 0.338 e. The van der Waals surface area contributed by atoms with E-state index in [0.717, 1.165) is 31.5 Å². The average Bonchev–Trinajstić information content (AvgIpc) is 3.19. The van der Waals surface area contributed by atoms with Gasteiger partial charge in [-0.2, -0.15) is 0 Å². The second-order valence-corrected chi connectivity index (χ2v) is 8.75. The van der Waals surface area contributed by atoms with Crippen LogP contribution in [-0.2, 0) is 22.5 Å². The van der Waals surface area contributed by atoms with Gasteiger partial charge in [-0.3, -0.25) is 14.2 Å². The summed E-state index contributed by atoms with van der Waals surface area (Å²) >= 11 is 0. The van der Waals surface area contributed by atoms with Gasteiger partial charge >= 0.3 is 5.97 Å². The summed E-state index contributed by atoms with van der Waals surface area (Å²) < 4.78 is 7.11. The Morgan fingerprint density at radius 1 is 1.23 bits per heavy atom. The molecule has 0 saturated heterocycles. The molecule has 4 rings (SSSR count). The minimum atomic E-state index is -0.892. The fourth-order valence-electron chi connectivity index (χ4n) is 4.58. The number of ether oxygens (including phenoxy) is 1. The van der Waals surface area contributed by atoms with E-state index in [0.29, 0.717) is 29.3 Å². The third-order valence-electron chi connectivity index (χ3n) is 6.74. The third-order valence-corrected chi connectivity index (χ3v) is 6.74. The lowest BCUT2D eigenvalue weighted by Crippen LogP contribution is -2.47. The van der Waals surface area contributed by atoms with Gasteiger partial charge in [0, 0.05) is 19.0 Å². The summed E-state index contributed by atoms with van der Waals surface area (Å²) in [6.45, 7) is 6.64. The summed E-state index contributed by atoms with van der Waals surface area (Å²) in [4.78, 5) is 42.3. The van der Waals surface area contributed by atoms with Crippen LogP contribution in [0.25, 0.3) is 10.9 Å². The smallest absolute Gasteiger partial charge is 0.338 e. The van der Waals surface area contributed by atoms with E-state index in [1.54, 1.807) is 29.7 Å². The van der Waals surface area contributed by atoms with E-state index in [1.165, 1.54) is 6.42 Å². The molecule has 1 fully saturated rings. The van der Waals surface area contributed by atoms with Crippen molar-refractivity contribution in [3.63, 3.8) is 0 Å². The van der Waals surface area contributed by atoms with Gasteiger partial charge in [0.1, 0.15) is 5.82 Å². The quantitative estimate of drug-likeness (QED) is 0.782. The molecule has 2 aliphatic rings. The molecule has 1 aliphatic heterocycles. The molecule has 30 heavy (non-hydrogen) atoms. The summed E-state index contributed by atoms with van der Waals surface area (Å²) in [7, 11) is 0. The summed E-state index contributed by atoms with van der Waals surface area (Å²) in [6.07, 6.45) is 4.00. The highest BCUT2D eigenvalue weighted by Crippen LogP contribution is 2.29. The van der Waals surface area contributed by atoms with Crippen LogP contribution in [0, 0.1) is 11.8 Å². The Labute approximate surface area is 175 Å². The number of carbonyl (C=O) groups is 2. The topological polar surface area (TPSA) is 90.3 Å². The predicted octanol–water partition coefficient (Wildman–Crippen LogP) is 2.83. The number of benzene rings is 1. The Hall–Kier alpha value is -2.70. The first kappa shape index (κ1) is 20.6. The number of nitrogens with one attached hydrogen (secondary N) is 1. The first-order valence-electron chi connectivity index (χ1n) is 10.9. The van der Waals surface area contributed by atoms with Crippen molar-refractivity contribution < 1.29 is 14.3 Å². The van der Waals surface area contributed by atoms with Crippen molar-refractivity contribution in [2.24, 2.45) is 11.8 Å². The van der Waals surface area contributed by atoms with Crippen LogP contribution in [0.5, 0.6) is 0 Å². The maximum atomic E-state index is 12.6. The molecule has 160 valence electrons. The first-order chi connectivity index (χ1) is 14.3. The summed E-state index contributed by atoms with van der Waals surface area (Å²) in [6, 6.07) is 4.86. The molecule has 7 nitrogen and oxygen atoms in total. The maximum absolute atomic E-state index is 12.6. The van der Waals surface area contributed by atoms with E-state index in [2.05, 4.69) is 24.1 Å². The second-order valence-electron chi connectivity index (χ2n) is 8.75. The Morgan fingerprint density at radius 2 is 2.03 bits per heavy atom. The largest absolute Gasteiger partial charge is 0.449 e. The van der Waals surface area contributed by atoms with Crippen molar-refractivity contribution in [1.82, 2.24) is 14.9 Å². The molecule has 1 amide bonds. The highest BCUT2D eigenvalue weighted by molar-refractivity contribution is 5.95. The van der Waals surface area contributed by atoms with Crippen molar-refractivity contribution in [2.45, 2.75) is 71.6 Å². The summed E-state index contributed by atoms with van der Waals surface area (Å²) in [5.41, 5.74) is 0.706. The second kappa shape index (κ2) is 8.20. The fourth-order valence-corrected chi connectivity index (χ4v) is 4.58. The van der Waals surface area contributed by atoms with E-state index in [1.807, 2.05) is 0 Å². The number of rotatable bonds is 4. The Balaban J connectivity index is 1.45. The van der Waals surface area contributed by atoms with Crippen molar-refractivity contribution in [2.75, 3.05) is 0 Å². The molecule has 2 aromatic rings. The van der Waals surface area contributed by atoms with Gasteiger partial charge in [0.2, 0.25) is 0 Å². The predicted molar refractivity (Wildman–Crippen MR) is 113 cm³/mol. The van der Waals surface area contributed by atoms with Crippen molar-refractivity contribution in [3.05, 3.63) is 39.9 Å². The number of amides is 1. The van der Waals surface area contributed by atoms with Crippen LogP contribution < -0.4 is 10.9 Å². The SMILES string of the molecule is C[C@@H]1[C@@H](C)CCC[C@H]1NC(=O)[C@H](C)OC(=O)c1ccc2c(=O)n3c(nc2c1)CCC3. The van der Waals surface area contributed by atoms with Crippen LogP contribution in [0.3, 0.4) is 0 Å². The van der Waals surface area contributed by atoms with Gasteiger partial charge in [-0.05, 0) is 49.8 Å². The number of nitrogens with zero attached hydrogens (tertiary/aromatic N) is 2. The molecule has 1 aliphatic carbocycles. The van der Waals surface area contributed by atoms with Crippen LogP contribution >= 0.6 is 0 Å². The highest BCUT2D eigenvalue weighted by Gasteiger charge is 2.30. The van der Waals surface area contributed by atoms with Crippen LogP contribution in [-0.4, -0.2) is 33.6 Å². The van der Waals surface area contributed by atoms with Crippen LogP contribution in [0.15, 0.2) is 23.0 Å². The fraction of sp³-hybridized carbons (Fsp3) is 0.565. The van der Waals surface area contributed by atoms with E-state index in [-0.39, 0.29) is 23.1 Å². The van der Waals surface area contributed by atoms with E-state index >= 15 is 0 Å². The molecule has 0 spiro atoms. The lowest BCUT2D eigenvalue weighted by Gasteiger charge is -2.35. The third kappa shape index (κ3) is 3.85. The molecule has 1 aromatic carbocycles. The Kier molecular flexibility index (Phi) is 5.62. The molecule has 2 heterocycles. The minimum absolute atomic E-state index is 0.0732. The van der Waals surface area contributed by atoms with Gasteiger partial charge in [0.25, 0.3) is 11.5 Å². The molecule has 1 saturated carbocycles. The van der Waals surface area contributed by atoms with E-state index in [4.69, 9.17) is 4.74 Å². The van der Waals surface area contributed by atoms with Crippen molar-refractivity contribution >= 4 is 22.8 Å². The normalized spacial score (nSPS) is 24.3.